The molecule has 1 aliphatic carbocycles. The molecule has 2 unspecified atom stereocenters. The van der Waals surface area contributed by atoms with Crippen molar-refractivity contribution in [3.05, 3.63) is 0 Å². The normalized spacial score (nSPS) is 32.3. The Morgan fingerprint density at radius 1 is 1.31 bits per heavy atom. The molecule has 1 N–H and O–H groups in total. The number of hydrogen-bond donors (Lipinski definition) is 1. The fourth-order valence-corrected chi connectivity index (χ4v) is 2.63. The fraction of sp³-hybridized carbons (Fsp3) is 1.00. The molecule has 0 saturated heterocycles. The van der Waals surface area contributed by atoms with Crippen molar-refractivity contribution in [1.29, 1.82) is 0 Å². The van der Waals surface area contributed by atoms with Gasteiger partial charge in [0, 0.05) is 6.04 Å². The third-order valence-corrected chi connectivity index (χ3v) is 3.27. The number of nitrogens with one attached hydrogen (secondary N) is 1. The van der Waals surface area contributed by atoms with Crippen LogP contribution in [-0.2, 0) is 0 Å². The first-order valence-electron chi connectivity index (χ1n) is 5.78. The van der Waals surface area contributed by atoms with E-state index in [0.29, 0.717) is 5.41 Å². The summed E-state index contributed by atoms with van der Waals surface area (Å²) >= 11 is 0. The zero-order chi connectivity index (χ0) is 9.90. The molecular formula is C12H25N. The second-order valence-corrected chi connectivity index (χ2v) is 5.46. The average molecular weight is 183 g/mol. The van der Waals surface area contributed by atoms with Crippen molar-refractivity contribution in [1.82, 2.24) is 5.32 Å². The minimum absolute atomic E-state index is 0.573. The summed E-state index contributed by atoms with van der Waals surface area (Å²) in [4.78, 5) is 0. The summed E-state index contributed by atoms with van der Waals surface area (Å²) in [6.07, 6.45) is 5.37. The van der Waals surface area contributed by atoms with Gasteiger partial charge in [-0.1, -0.05) is 34.1 Å². The Labute approximate surface area is 83.3 Å². The van der Waals surface area contributed by atoms with Gasteiger partial charge in [0.25, 0.3) is 0 Å². The Morgan fingerprint density at radius 2 is 2.00 bits per heavy atom. The standard InChI is InChI=1S/C12H25N/c1-5-6-7-13-11-9-12(3,4)8-10(11)2/h10-11,13H,5-9H2,1-4H3. The van der Waals surface area contributed by atoms with Crippen molar-refractivity contribution in [2.45, 2.75) is 59.4 Å². The maximum atomic E-state index is 3.69. The van der Waals surface area contributed by atoms with Crippen molar-refractivity contribution in [3.8, 4) is 0 Å². The quantitative estimate of drug-likeness (QED) is 0.660. The summed E-state index contributed by atoms with van der Waals surface area (Å²) < 4.78 is 0. The van der Waals surface area contributed by atoms with Crippen LogP contribution in [0, 0.1) is 11.3 Å². The molecule has 1 aliphatic rings. The van der Waals surface area contributed by atoms with Crippen LogP contribution >= 0.6 is 0 Å². The van der Waals surface area contributed by atoms with Gasteiger partial charge < -0.3 is 5.32 Å². The highest BCUT2D eigenvalue weighted by atomic mass is 14.9. The van der Waals surface area contributed by atoms with E-state index in [0.717, 1.165) is 12.0 Å². The molecule has 1 saturated carbocycles. The van der Waals surface area contributed by atoms with Crippen LogP contribution in [0.5, 0.6) is 0 Å². The van der Waals surface area contributed by atoms with Crippen molar-refractivity contribution in [2.24, 2.45) is 11.3 Å². The van der Waals surface area contributed by atoms with E-state index in [4.69, 9.17) is 0 Å². The van der Waals surface area contributed by atoms with E-state index in [2.05, 4.69) is 33.0 Å². The van der Waals surface area contributed by atoms with Crippen LogP contribution in [0.4, 0.5) is 0 Å². The summed E-state index contributed by atoms with van der Waals surface area (Å²) in [6.45, 7) is 10.6. The Morgan fingerprint density at radius 3 is 2.46 bits per heavy atom. The zero-order valence-electron chi connectivity index (χ0n) is 9.69. The van der Waals surface area contributed by atoms with E-state index in [9.17, 15) is 0 Å². The molecule has 0 heterocycles. The topological polar surface area (TPSA) is 12.0 Å². The second-order valence-electron chi connectivity index (χ2n) is 5.46. The van der Waals surface area contributed by atoms with Crippen LogP contribution in [0.25, 0.3) is 0 Å². The summed E-state index contributed by atoms with van der Waals surface area (Å²) in [5.74, 6) is 0.867. The smallest absolute Gasteiger partial charge is 0.00979 e. The van der Waals surface area contributed by atoms with Crippen molar-refractivity contribution >= 4 is 0 Å². The molecule has 0 aromatic carbocycles. The molecule has 1 rings (SSSR count). The van der Waals surface area contributed by atoms with E-state index in [1.54, 1.807) is 0 Å². The third kappa shape index (κ3) is 3.30. The number of rotatable bonds is 4. The molecule has 0 bridgehead atoms. The van der Waals surface area contributed by atoms with Gasteiger partial charge in [-0.2, -0.15) is 0 Å². The SMILES string of the molecule is CCCCNC1CC(C)(C)CC1C. The first kappa shape index (κ1) is 11.0. The molecule has 1 heteroatoms. The predicted octanol–water partition coefficient (Wildman–Crippen LogP) is 3.20. The molecule has 0 aromatic heterocycles. The summed E-state index contributed by atoms with van der Waals surface area (Å²) in [6, 6.07) is 0.779. The molecular weight excluding hydrogens is 158 g/mol. The van der Waals surface area contributed by atoms with Crippen molar-refractivity contribution < 1.29 is 0 Å². The van der Waals surface area contributed by atoms with Gasteiger partial charge in [0.15, 0.2) is 0 Å². The van der Waals surface area contributed by atoms with Gasteiger partial charge in [-0.25, -0.2) is 0 Å². The molecule has 78 valence electrons. The van der Waals surface area contributed by atoms with Crippen LogP contribution in [0.1, 0.15) is 53.4 Å². The van der Waals surface area contributed by atoms with Crippen LogP contribution in [0.3, 0.4) is 0 Å². The molecule has 2 atom stereocenters. The molecule has 13 heavy (non-hydrogen) atoms. The van der Waals surface area contributed by atoms with E-state index in [1.165, 1.54) is 32.2 Å². The van der Waals surface area contributed by atoms with Crippen LogP contribution in [0.2, 0.25) is 0 Å². The third-order valence-electron chi connectivity index (χ3n) is 3.27. The highest BCUT2D eigenvalue weighted by Gasteiger charge is 2.35. The summed E-state index contributed by atoms with van der Waals surface area (Å²) in [5, 5.41) is 3.69. The highest BCUT2D eigenvalue weighted by Crippen LogP contribution is 2.40. The van der Waals surface area contributed by atoms with Gasteiger partial charge in [0.2, 0.25) is 0 Å². The minimum Gasteiger partial charge on any atom is -0.314 e. The zero-order valence-corrected chi connectivity index (χ0v) is 9.69. The Bertz CT molecular complexity index is 151. The molecule has 0 radical (unpaired) electrons. The molecule has 1 nitrogen and oxygen atoms in total. The molecule has 0 amide bonds. The maximum absolute atomic E-state index is 3.69. The second kappa shape index (κ2) is 4.45. The fourth-order valence-electron chi connectivity index (χ4n) is 2.63. The number of unbranched alkanes of at least 4 members (excludes halogenated alkanes) is 1. The van der Waals surface area contributed by atoms with Gasteiger partial charge in [-0.05, 0) is 37.1 Å². The largest absolute Gasteiger partial charge is 0.314 e. The van der Waals surface area contributed by atoms with Gasteiger partial charge in [-0.15, -0.1) is 0 Å². The van der Waals surface area contributed by atoms with Crippen LogP contribution in [0.15, 0.2) is 0 Å². The van der Waals surface area contributed by atoms with Crippen molar-refractivity contribution in [2.75, 3.05) is 6.54 Å². The van der Waals surface area contributed by atoms with Gasteiger partial charge >= 0.3 is 0 Å². The molecule has 0 aliphatic heterocycles. The Hall–Kier alpha value is -0.0400. The van der Waals surface area contributed by atoms with Gasteiger partial charge in [0.1, 0.15) is 0 Å². The first-order valence-corrected chi connectivity index (χ1v) is 5.78. The summed E-state index contributed by atoms with van der Waals surface area (Å²) in [5.41, 5.74) is 0.573. The first-order chi connectivity index (χ1) is 6.05. The highest BCUT2D eigenvalue weighted by molar-refractivity contribution is 4.90. The van der Waals surface area contributed by atoms with Gasteiger partial charge in [0.05, 0.1) is 0 Å². The van der Waals surface area contributed by atoms with Crippen molar-refractivity contribution in [3.63, 3.8) is 0 Å². The van der Waals surface area contributed by atoms with Crippen LogP contribution < -0.4 is 5.32 Å². The van der Waals surface area contributed by atoms with E-state index < -0.39 is 0 Å². The monoisotopic (exact) mass is 183 g/mol. The van der Waals surface area contributed by atoms with Gasteiger partial charge in [-0.3, -0.25) is 0 Å². The van der Waals surface area contributed by atoms with E-state index >= 15 is 0 Å². The average Bonchev–Trinajstić information content (AvgIpc) is 2.25. The lowest BCUT2D eigenvalue weighted by molar-refractivity contribution is 0.362. The molecule has 0 aromatic rings. The number of hydrogen-bond acceptors (Lipinski definition) is 1. The minimum atomic E-state index is 0.573. The molecule has 0 spiro atoms. The summed E-state index contributed by atoms with van der Waals surface area (Å²) in [7, 11) is 0. The Balaban J connectivity index is 2.27. The maximum Gasteiger partial charge on any atom is 0.00979 e. The Kier molecular flexibility index (Phi) is 3.78. The van der Waals surface area contributed by atoms with E-state index in [-0.39, 0.29) is 0 Å². The lowest BCUT2D eigenvalue weighted by Gasteiger charge is -2.18. The van der Waals surface area contributed by atoms with Crippen LogP contribution in [-0.4, -0.2) is 12.6 Å². The molecule has 1 fully saturated rings. The lowest BCUT2D eigenvalue weighted by atomic mass is 9.91. The predicted molar refractivity (Wildman–Crippen MR) is 58.9 cm³/mol. The van der Waals surface area contributed by atoms with E-state index in [1.807, 2.05) is 0 Å². The lowest BCUT2D eigenvalue weighted by Crippen LogP contribution is -2.32.